The van der Waals surface area contributed by atoms with Gasteiger partial charge in [-0.05, 0) is 42.6 Å². The van der Waals surface area contributed by atoms with Crippen LogP contribution in [0.2, 0.25) is 0 Å². The van der Waals surface area contributed by atoms with Gasteiger partial charge in [0, 0.05) is 24.6 Å². The van der Waals surface area contributed by atoms with Crippen molar-refractivity contribution >= 4 is 0 Å². The van der Waals surface area contributed by atoms with Crippen LogP contribution in [0.5, 0.6) is 0 Å². The molecule has 0 radical (unpaired) electrons. The molecule has 19 heavy (non-hydrogen) atoms. The monoisotopic (exact) mass is 258 g/mol. The number of nitrogens with zero attached hydrogens (tertiary/aromatic N) is 3. The molecule has 1 N–H and O–H groups in total. The third-order valence-electron chi connectivity index (χ3n) is 2.91. The van der Waals surface area contributed by atoms with Crippen molar-refractivity contribution < 1.29 is 0 Å². The summed E-state index contributed by atoms with van der Waals surface area (Å²) < 4.78 is 1.81. The summed E-state index contributed by atoms with van der Waals surface area (Å²) in [6.45, 7) is 8.46. The largest absolute Gasteiger partial charge is 0.312 e. The van der Waals surface area contributed by atoms with Gasteiger partial charge in [0.2, 0.25) is 0 Å². The fraction of sp³-hybridized carbons (Fsp3) is 0.467. The maximum Gasteiger partial charge on any atom is 0.153 e. The zero-order valence-electron chi connectivity index (χ0n) is 11.9. The number of hydrogen-bond acceptors (Lipinski definition) is 3. The van der Waals surface area contributed by atoms with Crippen LogP contribution in [0.3, 0.4) is 0 Å². The first-order valence-corrected chi connectivity index (χ1v) is 6.89. The number of rotatable bonds is 6. The molecule has 0 aliphatic rings. The van der Waals surface area contributed by atoms with E-state index >= 15 is 0 Å². The summed E-state index contributed by atoms with van der Waals surface area (Å²) in [5.41, 5.74) is 2.37. The molecule has 102 valence electrons. The van der Waals surface area contributed by atoms with Crippen LogP contribution < -0.4 is 5.32 Å². The van der Waals surface area contributed by atoms with Gasteiger partial charge in [-0.3, -0.25) is 0 Å². The van der Waals surface area contributed by atoms with Crippen molar-refractivity contribution in [1.82, 2.24) is 20.1 Å². The van der Waals surface area contributed by atoms with E-state index in [2.05, 4.69) is 48.3 Å². The number of pyridine rings is 1. The van der Waals surface area contributed by atoms with E-state index in [1.165, 1.54) is 5.56 Å². The Labute approximate surface area is 114 Å². The molecule has 2 rings (SSSR count). The van der Waals surface area contributed by atoms with E-state index in [0.717, 1.165) is 31.0 Å². The fourth-order valence-electron chi connectivity index (χ4n) is 1.94. The Hall–Kier alpha value is -1.68. The van der Waals surface area contributed by atoms with Crippen LogP contribution in [0.4, 0.5) is 0 Å². The van der Waals surface area contributed by atoms with E-state index in [9.17, 15) is 0 Å². The Morgan fingerprint density at radius 2 is 2.16 bits per heavy atom. The molecule has 0 spiro atoms. The second kappa shape index (κ2) is 6.48. The third kappa shape index (κ3) is 3.89. The van der Waals surface area contributed by atoms with Crippen molar-refractivity contribution in [2.75, 3.05) is 6.54 Å². The fourth-order valence-corrected chi connectivity index (χ4v) is 1.94. The van der Waals surface area contributed by atoms with E-state index in [1.807, 2.05) is 16.9 Å². The molecule has 0 fully saturated rings. The minimum absolute atomic E-state index is 0.665. The summed E-state index contributed by atoms with van der Waals surface area (Å²) in [5, 5.41) is 7.71. The predicted molar refractivity (Wildman–Crippen MR) is 77.3 cm³/mol. The number of hydrogen-bond donors (Lipinski definition) is 1. The Morgan fingerprint density at radius 3 is 2.79 bits per heavy atom. The molecule has 0 unspecified atom stereocenters. The van der Waals surface area contributed by atoms with Gasteiger partial charge < -0.3 is 5.32 Å². The van der Waals surface area contributed by atoms with Crippen molar-refractivity contribution in [2.45, 2.75) is 33.7 Å². The van der Waals surface area contributed by atoms with Crippen LogP contribution in [-0.2, 0) is 13.0 Å². The molecule has 0 aromatic carbocycles. The summed E-state index contributed by atoms with van der Waals surface area (Å²) >= 11 is 0. The number of nitrogens with one attached hydrogen (secondary N) is 1. The molecule has 2 aromatic rings. The van der Waals surface area contributed by atoms with Crippen molar-refractivity contribution in [3.05, 3.63) is 41.9 Å². The number of aryl methyl sites for hydroxylation is 1. The van der Waals surface area contributed by atoms with Crippen LogP contribution in [0.25, 0.3) is 5.82 Å². The zero-order chi connectivity index (χ0) is 13.7. The second-order valence-electron chi connectivity index (χ2n) is 5.15. The highest BCUT2D eigenvalue weighted by atomic mass is 15.3. The molecule has 4 heteroatoms. The lowest BCUT2D eigenvalue weighted by Crippen LogP contribution is -2.19. The average molecular weight is 258 g/mol. The van der Waals surface area contributed by atoms with Gasteiger partial charge >= 0.3 is 0 Å². The van der Waals surface area contributed by atoms with Gasteiger partial charge in [-0.2, -0.15) is 5.10 Å². The highest BCUT2D eigenvalue weighted by Crippen LogP contribution is 2.10. The smallest absolute Gasteiger partial charge is 0.153 e. The van der Waals surface area contributed by atoms with Crippen molar-refractivity contribution in [3.63, 3.8) is 0 Å². The van der Waals surface area contributed by atoms with Crippen LogP contribution in [-0.4, -0.2) is 21.3 Å². The lowest BCUT2D eigenvalue weighted by atomic mass is 10.1. The summed E-state index contributed by atoms with van der Waals surface area (Å²) in [7, 11) is 0. The molecule has 4 nitrogen and oxygen atoms in total. The Balaban J connectivity index is 2.16. The van der Waals surface area contributed by atoms with Crippen molar-refractivity contribution in [2.24, 2.45) is 5.92 Å². The normalized spacial score (nSPS) is 11.2. The summed E-state index contributed by atoms with van der Waals surface area (Å²) in [6, 6.07) is 6.18. The lowest BCUT2D eigenvalue weighted by Gasteiger charge is -2.10. The highest BCUT2D eigenvalue weighted by molar-refractivity contribution is 5.30. The second-order valence-corrected chi connectivity index (χ2v) is 5.15. The lowest BCUT2D eigenvalue weighted by molar-refractivity contribution is 0.552. The van der Waals surface area contributed by atoms with Gasteiger partial charge in [-0.1, -0.05) is 20.8 Å². The molecule has 0 atom stereocenters. The van der Waals surface area contributed by atoms with Gasteiger partial charge in [-0.15, -0.1) is 0 Å². The maximum absolute atomic E-state index is 4.61. The van der Waals surface area contributed by atoms with Gasteiger partial charge in [-0.25, -0.2) is 9.67 Å². The standard InChI is InChI=1S/C15H22N4/c1-4-14-8-13(11-16-10-12(2)3)9-15(18-14)19-7-5-6-17-19/h5-9,12,16H,4,10-11H2,1-3H3. The van der Waals surface area contributed by atoms with Crippen LogP contribution in [0.1, 0.15) is 32.0 Å². The Bertz CT molecular complexity index is 503. The van der Waals surface area contributed by atoms with E-state index in [4.69, 9.17) is 0 Å². The Kier molecular flexibility index (Phi) is 4.68. The van der Waals surface area contributed by atoms with Crippen LogP contribution in [0, 0.1) is 5.92 Å². The Morgan fingerprint density at radius 1 is 1.32 bits per heavy atom. The first-order chi connectivity index (χ1) is 9.19. The minimum Gasteiger partial charge on any atom is -0.312 e. The van der Waals surface area contributed by atoms with Crippen molar-refractivity contribution in [1.29, 1.82) is 0 Å². The third-order valence-corrected chi connectivity index (χ3v) is 2.91. The van der Waals surface area contributed by atoms with E-state index in [-0.39, 0.29) is 0 Å². The molecule has 0 aliphatic heterocycles. The first-order valence-electron chi connectivity index (χ1n) is 6.89. The molecule has 0 amide bonds. The predicted octanol–water partition coefficient (Wildman–Crippen LogP) is 2.58. The van der Waals surface area contributed by atoms with Crippen LogP contribution in [0.15, 0.2) is 30.6 Å². The molecule has 0 bridgehead atoms. The van der Waals surface area contributed by atoms with E-state index < -0.39 is 0 Å². The molecule has 0 saturated heterocycles. The number of aromatic nitrogens is 3. The molecular formula is C15H22N4. The quantitative estimate of drug-likeness (QED) is 0.866. The van der Waals surface area contributed by atoms with E-state index in [0.29, 0.717) is 5.92 Å². The van der Waals surface area contributed by atoms with Gasteiger partial charge in [0.15, 0.2) is 5.82 Å². The van der Waals surface area contributed by atoms with Gasteiger partial charge in [0.05, 0.1) is 0 Å². The SMILES string of the molecule is CCc1cc(CNCC(C)C)cc(-n2cccn2)n1. The molecule has 2 heterocycles. The molecule has 0 saturated carbocycles. The zero-order valence-corrected chi connectivity index (χ0v) is 11.9. The molecule has 2 aromatic heterocycles. The van der Waals surface area contributed by atoms with Crippen LogP contribution >= 0.6 is 0 Å². The minimum atomic E-state index is 0.665. The first kappa shape index (κ1) is 13.7. The van der Waals surface area contributed by atoms with Gasteiger partial charge in [0.25, 0.3) is 0 Å². The average Bonchev–Trinajstić information content (AvgIpc) is 2.92. The van der Waals surface area contributed by atoms with E-state index in [1.54, 1.807) is 6.20 Å². The summed E-state index contributed by atoms with van der Waals surface area (Å²) in [5.74, 6) is 1.56. The maximum atomic E-state index is 4.61. The van der Waals surface area contributed by atoms with Gasteiger partial charge in [0.1, 0.15) is 0 Å². The topological polar surface area (TPSA) is 42.7 Å². The molecule has 0 aliphatic carbocycles. The summed E-state index contributed by atoms with van der Waals surface area (Å²) in [6.07, 6.45) is 4.64. The highest BCUT2D eigenvalue weighted by Gasteiger charge is 2.04. The summed E-state index contributed by atoms with van der Waals surface area (Å²) in [4.78, 5) is 4.61. The van der Waals surface area contributed by atoms with Crippen molar-refractivity contribution in [3.8, 4) is 5.82 Å². The molecular weight excluding hydrogens is 236 g/mol.